The van der Waals surface area contributed by atoms with E-state index in [9.17, 15) is 4.39 Å². The molecular formula is C17H17FN4OS. The van der Waals surface area contributed by atoms with Crippen LogP contribution in [0.15, 0.2) is 34.9 Å². The molecule has 5 nitrogen and oxygen atoms in total. The Kier molecular flexibility index (Phi) is 4.02. The predicted octanol–water partition coefficient (Wildman–Crippen LogP) is 4.18. The van der Waals surface area contributed by atoms with E-state index in [1.165, 1.54) is 29.5 Å². The molecule has 7 heteroatoms. The number of hydrogen-bond donors (Lipinski definition) is 0. The van der Waals surface area contributed by atoms with Gasteiger partial charge in [-0.2, -0.15) is 0 Å². The second-order valence-corrected chi connectivity index (χ2v) is 6.95. The summed E-state index contributed by atoms with van der Waals surface area (Å²) in [6, 6.07) is 8.51. The Morgan fingerprint density at radius 2 is 2.21 bits per heavy atom. The fourth-order valence-corrected chi connectivity index (χ4v) is 3.77. The highest BCUT2D eigenvalue weighted by Crippen LogP contribution is 2.31. The van der Waals surface area contributed by atoms with Crippen LogP contribution in [0.5, 0.6) is 0 Å². The summed E-state index contributed by atoms with van der Waals surface area (Å²) in [7, 11) is 0. The molecule has 4 rings (SSSR count). The van der Waals surface area contributed by atoms with Gasteiger partial charge in [-0.1, -0.05) is 18.2 Å². The van der Waals surface area contributed by atoms with Gasteiger partial charge < -0.3 is 9.32 Å². The number of rotatable bonds is 4. The number of anilines is 1. The first-order valence-electron chi connectivity index (χ1n) is 7.96. The number of aryl methyl sites for hydroxylation is 1. The molecule has 0 aliphatic carbocycles. The first-order valence-corrected chi connectivity index (χ1v) is 8.78. The summed E-state index contributed by atoms with van der Waals surface area (Å²) in [6.07, 6.45) is 2.73. The maximum atomic E-state index is 13.2. The fraction of sp³-hybridized carbons (Fsp3) is 0.353. The van der Waals surface area contributed by atoms with Crippen molar-refractivity contribution in [2.45, 2.75) is 32.5 Å². The van der Waals surface area contributed by atoms with E-state index in [1.54, 1.807) is 6.20 Å². The maximum Gasteiger partial charge on any atom is 0.259 e. The Hall–Kier alpha value is -2.28. The molecule has 0 radical (unpaired) electrons. The van der Waals surface area contributed by atoms with E-state index in [0.29, 0.717) is 5.89 Å². The SMILES string of the molecule is CC(F)c1nnc(-c2cnc(CN3CCCc4ccccc43)s2)o1. The molecule has 1 atom stereocenters. The van der Waals surface area contributed by atoms with Gasteiger partial charge in [0.05, 0.1) is 12.7 Å². The van der Waals surface area contributed by atoms with Gasteiger partial charge >= 0.3 is 0 Å². The van der Waals surface area contributed by atoms with Crippen molar-refractivity contribution < 1.29 is 8.81 Å². The summed E-state index contributed by atoms with van der Waals surface area (Å²) in [5.41, 5.74) is 2.67. The van der Waals surface area contributed by atoms with E-state index in [2.05, 4.69) is 44.3 Å². The second-order valence-electron chi connectivity index (χ2n) is 5.83. The van der Waals surface area contributed by atoms with Crippen LogP contribution < -0.4 is 4.90 Å². The number of halogens is 1. The summed E-state index contributed by atoms with van der Waals surface area (Å²) >= 11 is 1.51. The van der Waals surface area contributed by atoms with Gasteiger partial charge in [-0.3, -0.25) is 0 Å². The molecule has 2 aromatic heterocycles. The van der Waals surface area contributed by atoms with E-state index in [1.807, 2.05) is 0 Å². The minimum atomic E-state index is -1.26. The molecule has 1 aliphatic rings. The first kappa shape index (κ1) is 15.3. The molecule has 0 saturated heterocycles. The molecule has 0 saturated carbocycles. The van der Waals surface area contributed by atoms with Crippen LogP contribution in [0.3, 0.4) is 0 Å². The van der Waals surface area contributed by atoms with Crippen molar-refractivity contribution in [3.8, 4) is 10.8 Å². The first-order chi connectivity index (χ1) is 11.7. The van der Waals surface area contributed by atoms with Crippen LogP contribution in [0, 0.1) is 0 Å². The zero-order valence-corrected chi connectivity index (χ0v) is 14.1. The number of fused-ring (bicyclic) bond motifs is 1. The second kappa shape index (κ2) is 6.32. The monoisotopic (exact) mass is 344 g/mol. The number of benzene rings is 1. The lowest BCUT2D eigenvalue weighted by molar-refractivity contribution is 0.301. The zero-order valence-electron chi connectivity index (χ0n) is 13.3. The van der Waals surface area contributed by atoms with Crippen molar-refractivity contribution in [2.75, 3.05) is 11.4 Å². The number of para-hydroxylation sites is 1. The molecule has 24 heavy (non-hydrogen) atoms. The summed E-state index contributed by atoms with van der Waals surface area (Å²) in [5, 5.41) is 8.61. The minimum Gasteiger partial charge on any atom is -0.417 e. The van der Waals surface area contributed by atoms with Crippen molar-refractivity contribution in [1.29, 1.82) is 0 Å². The van der Waals surface area contributed by atoms with Gasteiger partial charge in [-0.05, 0) is 31.4 Å². The molecule has 124 valence electrons. The van der Waals surface area contributed by atoms with Crippen LogP contribution in [0.25, 0.3) is 10.8 Å². The van der Waals surface area contributed by atoms with Crippen LogP contribution in [0.1, 0.15) is 36.0 Å². The Bertz CT molecular complexity index is 844. The fourth-order valence-electron chi connectivity index (χ4n) is 2.92. The molecule has 0 spiro atoms. The number of hydrogen-bond acceptors (Lipinski definition) is 6. The largest absolute Gasteiger partial charge is 0.417 e. The van der Waals surface area contributed by atoms with Crippen molar-refractivity contribution in [1.82, 2.24) is 15.2 Å². The third kappa shape index (κ3) is 2.91. The lowest BCUT2D eigenvalue weighted by atomic mass is 10.0. The quantitative estimate of drug-likeness (QED) is 0.711. The third-order valence-corrected chi connectivity index (χ3v) is 5.05. The third-order valence-electron chi connectivity index (χ3n) is 4.08. The predicted molar refractivity (Wildman–Crippen MR) is 90.7 cm³/mol. The van der Waals surface area contributed by atoms with Gasteiger partial charge in [0, 0.05) is 12.2 Å². The standard InChI is InChI=1S/C17H17FN4OS/c1-11(18)16-20-21-17(23-16)14-9-19-15(24-14)10-22-8-4-6-12-5-2-3-7-13(12)22/h2-3,5,7,9,11H,4,6,8,10H2,1H3. The van der Waals surface area contributed by atoms with Crippen LogP contribution in [0.4, 0.5) is 10.1 Å². The number of aromatic nitrogens is 3. The molecule has 3 heterocycles. The van der Waals surface area contributed by atoms with Gasteiger partial charge in [0.15, 0.2) is 6.17 Å². The molecule has 0 amide bonds. The molecule has 3 aromatic rings. The maximum absolute atomic E-state index is 13.2. The van der Waals surface area contributed by atoms with Crippen molar-refractivity contribution in [2.24, 2.45) is 0 Å². The van der Waals surface area contributed by atoms with Crippen LogP contribution in [-0.2, 0) is 13.0 Å². The number of nitrogens with zero attached hydrogens (tertiary/aromatic N) is 4. The lowest BCUT2D eigenvalue weighted by Crippen LogP contribution is -2.28. The highest BCUT2D eigenvalue weighted by Gasteiger charge is 2.19. The Morgan fingerprint density at radius 3 is 3.04 bits per heavy atom. The van der Waals surface area contributed by atoms with E-state index in [0.717, 1.165) is 35.8 Å². The van der Waals surface area contributed by atoms with Crippen LogP contribution in [-0.4, -0.2) is 21.7 Å². The van der Waals surface area contributed by atoms with E-state index in [-0.39, 0.29) is 5.89 Å². The van der Waals surface area contributed by atoms with E-state index in [4.69, 9.17) is 4.42 Å². The Balaban J connectivity index is 1.54. The van der Waals surface area contributed by atoms with Gasteiger partial charge in [-0.25, -0.2) is 9.37 Å². The molecule has 0 bridgehead atoms. The van der Waals surface area contributed by atoms with Crippen molar-refractivity contribution in [3.05, 3.63) is 46.9 Å². The van der Waals surface area contributed by atoms with Crippen LogP contribution >= 0.6 is 11.3 Å². The van der Waals surface area contributed by atoms with Gasteiger partial charge in [0.2, 0.25) is 0 Å². The molecule has 1 unspecified atom stereocenters. The van der Waals surface area contributed by atoms with Gasteiger partial charge in [-0.15, -0.1) is 21.5 Å². The zero-order chi connectivity index (χ0) is 16.5. The molecule has 1 aliphatic heterocycles. The molecular weight excluding hydrogens is 327 g/mol. The highest BCUT2D eigenvalue weighted by atomic mass is 32.1. The Labute approximate surface area is 143 Å². The van der Waals surface area contributed by atoms with Crippen molar-refractivity contribution >= 4 is 17.0 Å². The summed E-state index contributed by atoms with van der Waals surface area (Å²) in [5.74, 6) is 0.335. The van der Waals surface area contributed by atoms with Crippen molar-refractivity contribution in [3.63, 3.8) is 0 Å². The molecule has 0 N–H and O–H groups in total. The minimum absolute atomic E-state index is 0.00454. The smallest absolute Gasteiger partial charge is 0.259 e. The summed E-state index contributed by atoms with van der Waals surface area (Å²) in [6.45, 7) is 3.15. The Morgan fingerprint density at radius 1 is 1.33 bits per heavy atom. The van der Waals surface area contributed by atoms with E-state index >= 15 is 0 Å². The van der Waals surface area contributed by atoms with Crippen LogP contribution in [0.2, 0.25) is 0 Å². The van der Waals surface area contributed by atoms with Gasteiger partial charge in [0.25, 0.3) is 11.8 Å². The highest BCUT2D eigenvalue weighted by molar-refractivity contribution is 7.15. The average molecular weight is 344 g/mol. The average Bonchev–Trinajstić information content (AvgIpc) is 3.24. The topological polar surface area (TPSA) is 55.1 Å². The number of thiazole rings is 1. The van der Waals surface area contributed by atoms with Gasteiger partial charge in [0.1, 0.15) is 9.88 Å². The molecule has 0 fully saturated rings. The summed E-state index contributed by atoms with van der Waals surface area (Å²) < 4.78 is 18.6. The lowest BCUT2D eigenvalue weighted by Gasteiger charge is -2.30. The number of alkyl halides is 1. The molecule has 1 aromatic carbocycles. The normalized spacial score (nSPS) is 15.3. The summed E-state index contributed by atoms with van der Waals surface area (Å²) in [4.78, 5) is 7.59. The van der Waals surface area contributed by atoms with E-state index < -0.39 is 6.17 Å².